The van der Waals surface area contributed by atoms with Crippen molar-refractivity contribution in [1.29, 1.82) is 0 Å². The van der Waals surface area contributed by atoms with Gasteiger partial charge in [0.2, 0.25) is 5.91 Å². The Kier molecular flexibility index (Phi) is 3.95. The van der Waals surface area contributed by atoms with Gasteiger partial charge in [0.25, 0.3) is 0 Å². The molecule has 5 nitrogen and oxygen atoms in total. The fourth-order valence-electron chi connectivity index (χ4n) is 2.80. The van der Waals surface area contributed by atoms with Gasteiger partial charge < -0.3 is 9.64 Å². The van der Waals surface area contributed by atoms with Gasteiger partial charge in [-0.3, -0.25) is 9.69 Å². The number of fused-ring (bicyclic) bond motifs is 2. The second-order valence-electron chi connectivity index (χ2n) is 6.20. The summed E-state index contributed by atoms with van der Waals surface area (Å²) < 4.78 is 5.44. The maximum absolute atomic E-state index is 12.2. The van der Waals surface area contributed by atoms with Crippen LogP contribution in [-0.4, -0.2) is 58.5 Å². The Morgan fingerprint density at radius 3 is 2.16 bits per heavy atom. The van der Waals surface area contributed by atoms with Gasteiger partial charge in [0.1, 0.15) is 11.5 Å². The first kappa shape index (κ1) is 14.4. The molecule has 0 aliphatic carbocycles. The first-order valence-electron chi connectivity index (χ1n) is 6.67. The molecule has 2 unspecified atom stereocenters. The standard InChI is InChI=1S/C13H21ClN2O3/c1-13(2,3)19-12(18)16-9-4-5-10(16)8-15(7-9)11(17)6-14/h9-10H,4-8H2,1-3H3. The molecule has 2 bridgehead atoms. The number of nitrogens with zero attached hydrogens (tertiary/aromatic N) is 2. The van der Waals surface area contributed by atoms with Crippen molar-refractivity contribution in [3.8, 4) is 0 Å². The Hall–Kier alpha value is -0.970. The summed E-state index contributed by atoms with van der Waals surface area (Å²) in [6.07, 6.45) is 1.59. The molecule has 0 aromatic rings. The maximum atomic E-state index is 12.2. The van der Waals surface area contributed by atoms with Crippen LogP contribution in [0.2, 0.25) is 0 Å². The lowest BCUT2D eigenvalue weighted by Gasteiger charge is -2.41. The Labute approximate surface area is 118 Å². The van der Waals surface area contributed by atoms with Crippen molar-refractivity contribution in [3.63, 3.8) is 0 Å². The van der Waals surface area contributed by atoms with E-state index in [0.717, 1.165) is 12.8 Å². The minimum absolute atomic E-state index is 0.00583. The summed E-state index contributed by atoms with van der Waals surface area (Å²) in [6, 6.07) is 0.140. The second kappa shape index (κ2) is 5.19. The molecule has 0 aromatic carbocycles. The number of carbonyl (C=O) groups is 2. The highest BCUT2D eigenvalue weighted by Gasteiger charge is 2.45. The van der Waals surface area contributed by atoms with Gasteiger partial charge in [0.05, 0.1) is 12.1 Å². The topological polar surface area (TPSA) is 49.9 Å². The van der Waals surface area contributed by atoms with Gasteiger partial charge in [-0.25, -0.2) is 4.79 Å². The fraction of sp³-hybridized carbons (Fsp3) is 0.846. The van der Waals surface area contributed by atoms with E-state index in [1.807, 2.05) is 25.7 Å². The predicted molar refractivity (Wildman–Crippen MR) is 72.2 cm³/mol. The molecule has 2 amide bonds. The molecule has 19 heavy (non-hydrogen) atoms. The molecule has 2 atom stereocenters. The highest BCUT2D eigenvalue weighted by Crippen LogP contribution is 2.31. The molecule has 2 fully saturated rings. The van der Waals surface area contributed by atoms with Crippen molar-refractivity contribution in [2.45, 2.75) is 51.3 Å². The smallest absolute Gasteiger partial charge is 0.410 e. The lowest BCUT2D eigenvalue weighted by atomic mass is 10.2. The van der Waals surface area contributed by atoms with E-state index in [-0.39, 0.29) is 30.0 Å². The second-order valence-corrected chi connectivity index (χ2v) is 6.47. The van der Waals surface area contributed by atoms with Gasteiger partial charge in [-0.1, -0.05) is 0 Å². The molecular formula is C13H21ClN2O3. The van der Waals surface area contributed by atoms with Gasteiger partial charge in [-0.05, 0) is 33.6 Å². The molecule has 2 rings (SSSR count). The monoisotopic (exact) mass is 288 g/mol. The third-order valence-electron chi connectivity index (χ3n) is 3.55. The van der Waals surface area contributed by atoms with Crippen LogP contribution in [0.15, 0.2) is 0 Å². The minimum Gasteiger partial charge on any atom is -0.444 e. The zero-order valence-electron chi connectivity index (χ0n) is 11.7. The first-order chi connectivity index (χ1) is 8.81. The number of hydrogen-bond donors (Lipinski definition) is 0. The van der Waals surface area contributed by atoms with Crippen LogP contribution >= 0.6 is 11.6 Å². The Morgan fingerprint density at radius 1 is 1.21 bits per heavy atom. The molecule has 0 aromatic heterocycles. The summed E-state index contributed by atoms with van der Waals surface area (Å²) in [5.74, 6) is -0.0475. The van der Waals surface area contributed by atoms with E-state index in [2.05, 4.69) is 0 Å². The number of hydrogen-bond acceptors (Lipinski definition) is 3. The largest absolute Gasteiger partial charge is 0.444 e. The minimum atomic E-state index is -0.486. The summed E-state index contributed by atoms with van der Waals surface area (Å²) in [5.41, 5.74) is -0.486. The van der Waals surface area contributed by atoms with Crippen molar-refractivity contribution in [1.82, 2.24) is 9.80 Å². The Bertz CT molecular complexity index is 367. The van der Waals surface area contributed by atoms with E-state index in [4.69, 9.17) is 16.3 Å². The number of halogens is 1. The van der Waals surface area contributed by atoms with Crippen LogP contribution in [0.3, 0.4) is 0 Å². The van der Waals surface area contributed by atoms with Gasteiger partial charge in [0.15, 0.2) is 0 Å². The highest BCUT2D eigenvalue weighted by atomic mass is 35.5. The summed E-state index contributed by atoms with van der Waals surface area (Å²) >= 11 is 5.59. The molecule has 0 saturated carbocycles. The molecule has 108 valence electrons. The average Bonchev–Trinajstić information content (AvgIpc) is 2.57. The summed E-state index contributed by atoms with van der Waals surface area (Å²) in [6.45, 7) is 6.73. The SMILES string of the molecule is CC(C)(C)OC(=O)N1C2CCC1CN(C(=O)CCl)C2. The van der Waals surface area contributed by atoms with Crippen LogP contribution in [0.4, 0.5) is 4.79 Å². The number of piperazine rings is 1. The fourth-order valence-corrected chi connectivity index (χ4v) is 2.97. The number of ether oxygens (including phenoxy) is 1. The molecule has 0 N–H and O–H groups in total. The third-order valence-corrected chi connectivity index (χ3v) is 3.78. The van der Waals surface area contributed by atoms with Gasteiger partial charge in [-0.2, -0.15) is 0 Å². The quantitative estimate of drug-likeness (QED) is 0.692. The van der Waals surface area contributed by atoms with Crippen molar-refractivity contribution < 1.29 is 14.3 Å². The zero-order valence-corrected chi connectivity index (χ0v) is 12.4. The molecule has 6 heteroatoms. The number of amides is 2. The molecule has 0 spiro atoms. The molecule has 2 saturated heterocycles. The third kappa shape index (κ3) is 3.14. The maximum Gasteiger partial charge on any atom is 0.410 e. The molecule has 2 heterocycles. The normalized spacial score (nSPS) is 26.5. The summed E-state index contributed by atoms with van der Waals surface area (Å²) in [7, 11) is 0. The van der Waals surface area contributed by atoms with Gasteiger partial charge in [-0.15, -0.1) is 11.6 Å². The highest BCUT2D eigenvalue weighted by molar-refractivity contribution is 6.27. The molecule has 2 aliphatic rings. The van der Waals surface area contributed by atoms with E-state index in [1.165, 1.54) is 0 Å². The van der Waals surface area contributed by atoms with Crippen molar-refractivity contribution in [2.75, 3.05) is 19.0 Å². The van der Waals surface area contributed by atoms with Crippen LogP contribution < -0.4 is 0 Å². The first-order valence-corrected chi connectivity index (χ1v) is 7.20. The Balaban J connectivity index is 2.03. The van der Waals surface area contributed by atoms with Crippen LogP contribution in [0.5, 0.6) is 0 Å². The van der Waals surface area contributed by atoms with Crippen molar-refractivity contribution >= 4 is 23.6 Å². The Morgan fingerprint density at radius 2 is 1.74 bits per heavy atom. The number of likely N-dealkylation sites (tertiary alicyclic amines) is 1. The molecular weight excluding hydrogens is 268 g/mol. The van der Waals surface area contributed by atoms with Gasteiger partial charge >= 0.3 is 6.09 Å². The lowest BCUT2D eigenvalue weighted by molar-refractivity contribution is -0.131. The zero-order chi connectivity index (χ0) is 14.2. The van der Waals surface area contributed by atoms with E-state index in [9.17, 15) is 9.59 Å². The van der Waals surface area contributed by atoms with E-state index in [1.54, 1.807) is 4.90 Å². The average molecular weight is 289 g/mol. The summed E-state index contributed by atoms with van der Waals surface area (Å²) in [5, 5.41) is 0. The van der Waals surface area contributed by atoms with Crippen molar-refractivity contribution in [3.05, 3.63) is 0 Å². The van der Waals surface area contributed by atoms with Gasteiger partial charge in [0, 0.05) is 13.1 Å². The van der Waals surface area contributed by atoms with Crippen LogP contribution in [0, 0.1) is 0 Å². The van der Waals surface area contributed by atoms with E-state index < -0.39 is 5.60 Å². The molecule has 0 radical (unpaired) electrons. The van der Waals surface area contributed by atoms with Crippen LogP contribution in [0.1, 0.15) is 33.6 Å². The number of rotatable bonds is 1. The van der Waals surface area contributed by atoms with Crippen LogP contribution in [0.25, 0.3) is 0 Å². The molecule has 2 aliphatic heterocycles. The van der Waals surface area contributed by atoms with E-state index in [0.29, 0.717) is 13.1 Å². The van der Waals surface area contributed by atoms with Crippen LogP contribution in [-0.2, 0) is 9.53 Å². The lowest BCUT2D eigenvalue weighted by Crippen LogP contribution is -2.58. The summed E-state index contributed by atoms with van der Waals surface area (Å²) in [4.78, 5) is 27.4. The number of alkyl halides is 1. The number of carbonyl (C=O) groups excluding carboxylic acids is 2. The predicted octanol–water partition coefficient (Wildman–Crippen LogP) is 1.84. The van der Waals surface area contributed by atoms with Crippen molar-refractivity contribution in [2.24, 2.45) is 0 Å². The van der Waals surface area contributed by atoms with E-state index >= 15 is 0 Å².